The van der Waals surface area contributed by atoms with Gasteiger partial charge in [-0.05, 0) is 54.9 Å². The van der Waals surface area contributed by atoms with Crippen molar-refractivity contribution in [2.75, 3.05) is 5.75 Å². The molecular formula is C13H14BrNO4S2. The van der Waals surface area contributed by atoms with E-state index < -0.39 is 27.2 Å². The normalized spacial score (nSPS) is 12.6. The van der Waals surface area contributed by atoms with Crippen LogP contribution >= 0.6 is 27.3 Å². The molecule has 5 nitrogen and oxygen atoms in total. The monoisotopic (exact) mass is 391 g/mol. The number of hydrogen-bond donors (Lipinski definition) is 0. The number of carbonyl (C=O) groups excluding carboxylic acids is 1. The predicted molar refractivity (Wildman–Crippen MR) is 85.2 cm³/mol. The summed E-state index contributed by atoms with van der Waals surface area (Å²) in [6.07, 6.45) is 0. The minimum absolute atomic E-state index is 0.0945. The van der Waals surface area contributed by atoms with Crippen molar-refractivity contribution in [2.24, 2.45) is 0 Å². The molecule has 0 saturated carbocycles. The summed E-state index contributed by atoms with van der Waals surface area (Å²) in [5.41, 5.74) is 0.00197. The van der Waals surface area contributed by atoms with Gasteiger partial charge in [0.05, 0.1) is 15.1 Å². The number of aromatic nitrogens is 1. The van der Waals surface area contributed by atoms with Crippen molar-refractivity contribution >= 4 is 53.3 Å². The summed E-state index contributed by atoms with van der Waals surface area (Å²) in [7, 11) is -3.73. The molecule has 0 radical (unpaired) electrons. The van der Waals surface area contributed by atoms with Crippen molar-refractivity contribution in [3.63, 3.8) is 0 Å². The second kappa shape index (κ2) is 5.66. The number of fused-ring (bicyclic) bond motifs is 1. The molecule has 21 heavy (non-hydrogen) atoms. The van der Waals surface area contributed by atoms with Crippen molar-refractivity contribution in [1.82, 2.24) is 4.98 Å². The molecule has 0 bridgehead atoms. The number of halogens is 1. The van der Waals surface area contributed by atoms with Crippen LogP contribution in [0.25, 0.3) is 10.2 Å². The molecule has 0 N–H and O–H groups in total. The Balaban J connectivity index is 2.27. The molecule has 0 atom stereocenters. The molecule has 0 aliphatic rings. The quantitative estimate of drug-likeness (QED) is 0.751. The Kier molecular flexibility index (Phi) is 4.41. The van der Waals surface area contributed by atoms with E-state index in [-0.39, 0.29) is 4.90 Å². The van der Waals surface area contributed by atoms with Gasteiger partial charge in [0.15, 0.2) is 19.5 Å². The van der Waals surface area contributed by atoms with E-state index in [1.165, 1.54) is 23.5 Å². The third kappa shape index (κ3) is 4.24. The standard InChI is InChI=1S/C13H14BrNO4S2/c1-13(2,3)19-11(16)7-21(17,18)8-4-5-9-10(6-8)20-12(14)15-9/h4-6H,7H2,1-3H3. The average molecular weight is 392 g/mol. The van der Waals surface area contributed by atoms with Crippen molar-refractivity contribution < 1.29 is 17.9 Å². The maximum absolute atomic E-state index is 12.3. The second-order valence-electron chi connectivity index (χ2n) is 5.44. The molecule has 0 saturated heterocycles. The molecule has 8 heteroatoms. The van der Waals surface area contributed by atoms with Gasteiger partial charge in [-0.25, -0.2) is 13.4 Å². The Morgan fingerprint density at radius 1 is 1.38 bits per heavy atom. The zero-order valence-corrected chi connectivity index (χ0v) is 14.9. The molecule has 0 unspecified atom stereocenters. The topological polar surface area (TPSA) is 73.3 Å². The SMILES string of the molecule is CC(C)(C)OC(=O)CS(=O)(=O)c1ccc2nc(Br)sc2c1. The van der Waals surface area contributed by atoms with Crippen LogP contribution in [-0.2, 0) is 19.4 Å². The lowest BCUT2D eigenvalue weighted by atomic mass is 10.2. The van der Waals surface area contributed by atoms with Crippen molar-refractivity contribution in [3.05, 3.63) is 22.1 Å². The van der Waals surface area contributed by atoms with Crippen molar-refractivity contribution in [2.45, 2.75) is 31.3 Å². The summed E-state index contributed by atoms with van der Waals surface area (Å²) in [6, 6.07) is 4.60. The van der Waals surface area contributed by atoms with Crippen LogP contribution in [0, 0.1) is 0 Å². The van der Waals surface area contributed by atoms with Gasteiger partial charge in [-0.3, -0.25) is 4.79 Å². The first-order valence-corrected chi connectivity index (χ1v) is 9.34. The summed E-state index contributed by atoms with van der Waals surface area (Å²) in [5.74, 6) is -1.43. The van der Waals surface area contributed by atoms with E-state index in [2.05, 4.69) is 20.9 Å². The highest BCUT2D eigenvalue weighted by atomic mass is 79.9. The van der Waals surface area contributed by atoms with Gasteiger partial charge < -0.3 is 4.74 Å². The summed E-state index contributed by atoms with van der Waals surface area (Å²) in [4.78, 5) is 16.0. The first kappa shape index (κ1) is 16.4. The summed E-state index contributed by atoms with van der Waals surface area (Å²) in [5, 5.41) is 0. The molecule has 0 aliphatic carbocycles. The Hall–Kier alpha value is -0.990. The zero-order valence-electron chi connectivity index (χ0n) is 11.7. The van der Waals surface area contributed by atoms with Crippen LogP contribution in [0.3, 0.4) is 0 Å². The van der Waals surface area contributed by atoms with E-state index in [0.29, 0.717) is 9.43 Å². The van der Waals surface area contributed by atoms with Crippen LogP contribution < -0.4 is 0 Å². The number of rotatable bonds is 3. The highest BCUT2D eigenvalue weighted by Crippen LogP contribution is 2.28. The van der Waals surface area contributed by atoms with Gasteiger partial charge in [-0.1, -0.05) is 0 Å². The zero-order chi connectivity index (χ0) is 15.8. The molecule has 0 amide bonds. The highest BCUT2D eigenvalue weighted by molar-refractivity contribution is 9.11. The van der Waals surface area contributed by atoms with Crippen molar-refractivity contribution in [3.8, 4) is 0 Å². The van der Waals surface area contributed by atoms with E-state index in [1.807, 2.05) is 0 Å². The van der Waals surface area contributed by atoms with Crippen LogP contribution in [-0.4, -0.2) is 30.7 Å². The van der Waals surface area contributed by atoms with Crippen molar-refractivity contribution in [1.29, 1.82) is 0 Å². The summed E-state index contributed by atoms with van der Waals surface area (Å²) < 4.78 is 31.0. The smallest absolute Gasteiger partial charge is 0.322 e. The number of benzene rings is 1. The molecule has 2 aromatic rings. The fourth-order valence-electron chi connectivity index (χ4n) is 1.68. The maximum atomic E-state index is 12.3. The highest BCUT2D eigenvalue weighted by Gasteiger charge is 2.24. The molecular weight excluding hydrogens is 378 g/mol. The lowest BCUT2D eigenvalue weighted by molar-refractivity contribution is -0.151. The molecule has 114 valence electrons. The fourth-order valence-corrected chi connectivity index (χ4v) is 4.31. The van der Waals surface area contributed by atoms with Crippen LogP contribution in [0.15, 0.2) is 27.0 Å². The average Bonchev–Trinajstić information content (AvgIpc) is 2.64. The van der Waals surface area contributed by atoms with Gasteiger partial charge in [-0.15, -0.1) is 11.3 Å². The predicted octanol–water partition coefficient (Wildman–Crippen LogP) is 3.17. The van der Waals surface area contributed by atoms with E-state index in [4.69, 9.17) is 4.74 Å². The van der Waals surface area contributed by atoms with Gasteiger partial charge in [-0.2, -0.15) is 0 Å². The summed E-state index contributed by atoms with van der Waals surface area (Å²) in [6.45, 7) is 5.08. The van der Waals surface area contributed by atoms with Crippen LogP contribution in [0.2, 0.25) is 0 Å². The van der Waals surface area contributed by atoms with E-state index in [0.717, 1.165) is 4.70 Å². The number of sulfone groups is 1. The number of carbonyl (C=O) groups is 1. The maximum Gasteiger partial charge on any atom is 0.322 e. The minimum atomic E-state index is -3.73. The molecule has 0 aliphatic heterocycles. The molecule has 0 spiro atoms. The lowest BCUT2D eigenvalue weighted by Crippen LogP contribution is -2.28. The number of hydrogen-bond acceptors (Lipinski definition) is 6. The second-order valence-corrected chi connectivity index (χ2v) is 9.74. The van der Waals surface area contributed by atoms with Crippen LogP contribution in [0.1, 0.15) is 20.8 Å². The van der Waals surface area contributed by atoms with Gasteiger partial charge in [0.2, 0.25) is 0 Å². The molecule has 1 aromatic heterocycles. The number of esters is 1. The van der Waals surface area contributed by atoms with Gasteiger partial charge >= 0.3 is 5.97 Å². The lowest BCUT2D eigenvalue weighted by Gasteiger charge is -2.19. The van der Waals surface area contributed by atoms with Crippen LogP contribution in [0.4, 0.5) is 0 Å². The number of nitrogens with zero attached hydrogens (tertiary/aromatic N) is 1. The fraction of sp³-hybridized carbons (Fsp3) is 0.385. The Morgan fingerprint density at radius 2 is 2.05 bits per heavy atom. The third-order valence-corrected chi connectivity index (χ3v) is 5.48. The Bertz CT molecular complexity index is 790. The van der Waals surface area contributed by atoms with Gasteiger partial charge in [0.25, 0.3) is 0 Å². The van der Waals surface area contributed by atoms with E-state index >= 15 is 0 Å². The number of thiazole rings is 1. The molecule has 2 rings (SSSR count). The first-order valence-electron chi connectivity index (χ1n) is 6.07. The largest absolute Gasteiger partial charge is 0.459 e. The molecule has 1 aromatic carbocycles. The Morgan fingerprint density at radius 3 is 2.67 bits per heavy atom. The van der Waals surface area contributed by atoms with Crippen LogP contribution in [0.5, 0.6) is 0 Å². The van der Waals surface area contributed by atoms with E-state index in [1.54, 1.807) is 26.8 Å². The Labute approximate surface area is 135 Å². The van der Waals surface area contributed by atoms with E-state index in [9.17, 15) is 13.2 Å². The molecule has 0 fully saturated rings. The summed E-state index contributed by atoms with van der Waals surface area (Å²) >= 11 is 4.59. The third-order valence-electron chi connectivity index (χ3n) is 2.42. The molecule has 1 heterocycles. The minimum Gasteiger partial charge on any atom is -0.459 e. The van der Waals surface area contributed by atoms with Gasteiger partial charge in [0.1, 0.15) is 5.60 Å². The first-order chi connectivity index (χ1) is 9.57. The number of ether oxygens (including phenoxy) is 1. The van der Waals surface area contributed by atoms with Gasteiger partial charge in [0, 0.05) is 0 Å².